The molecule has 1 aliphatic heterocycles. The van der Waals surface area contributed by atoms with Crippen molar-refractivity contribution in [1.29, 1.82) is 0 Å². The molecule has 1 aliphatic carbocycles. The predicted octanol–water partition coefficient (Wildman–Crippen LogP) is 2.95. The van der Waals surface area contributed by atoms with Gasteiger partial charge in [-0.25, -0.2) is 0 Å². The molecule has 1 N–H and O–H groups in total. The summed E-state index contributed by atoms with van der Waals surface area (Å²) < 4.78 is 0. The number of carbonyl (C=O) groups is 2. The second-order valence-corrected chi connectivity index (χ2v) is 7.59. The second kappa shape index (κ2) is 8.50. The molecule has 1 saturated carbocycles. The fourth-order valence-corrected chi connectivity index (χ4v) is 3.83. The van der Waals surface area contributed by atoms with Crippen molar-refractivity contribution in [3.05, 3.63) is 35.4 Å². The van der Waals surface area contributed by atoms with Gasteiger partial charge in [-0.15, -0.1) is 0 Å². The summed E-state index contributed by atoms with van der Waals surface area (Å²) in [5, 5.41) is 2.66. The van der Waals surface area contributed by atoms with Crippen molar-refractivity contribution in [3.8, 4) is 0 Å². The number of nitrogens with zero attached hydrogens (tertiary/aromatic N) is 1. The van der Waals surface area contributed by atoms with Gasteiger partial charge in [0.15, 0.2) is 0 Å². The molecule has 136 valence electrons. The number of piperidine rings is 1. The number of hydrogen-bond donors (Lipinski definition) is 1. The third-order valence-electron chi connectivity index (χ3n) is 5.85. The summed E-state index contributed by atoms with van der Waals surface area (Å²) >= 11 is 0. The minimum atomic E-state index is 0.0901. The van der Waals surface area contributed by atoms with Crippen molar-refractivity contribution < 1.29 is 9.59 Å². The number of benzene rings is 1. The SMILES string of the molecule is CNC(=O)CCc1ccc(CC2CCN(C(=O)C3CCC3)CC2)cc1. The van der Waals surface area contributed by atoms with Crippen molar-refractivity contribution in [1.82, 2.24) is 10.2 Å². The lowest BCUT2D eigenvalue weighted by atomic mass is 9.83. The fraction of sp³-hybridized carbons (Fsp3) is 0.619. The first kappa shape index (κ1) is 18.0. The standard InChI is InChI=1S/C21H30N2O2/c1-22-20(24)10-9-16-5-7-17(8-6-16)15-18-11-13-23(14-12-18)21(25)19-3-2-4-19/h5-8,18-19H,2-4,9-15H2,1H3,(H,22,24). The number of hydrogen-bond acceptors (Lipinski definition) is 2. The monoisotopic (exact) mass is 342 g/mol. The molecule has 1 aromatic carbocycles. The summed E-state index contributed by atoms with van der Waals surface area (Å²) in [6.45, 7) is 1.87. The van der Waals surface area contributed by atoms with Gasteiger partial charge in [-0.3, -0.25) is 9.59 Å². The normalized spacial score (nSPS) is 18.7. The first-order valence-electron chi connectivity index (χ1n) is 9.73. The van der Waals surface area contributed by atoms with Gasteiger partial charge in [0.2, 0.25) is 11.8 Å². The van der Waals surface area contributed by atoms with Crippen LogP contribution in [0, 0.1) is 11.8 Å². The zero-order valence-electron chi connectivity index (χ0n) is 15.3. The van der Waals surface area contributed by atoms with E-state index in [1.807, 2.05) is 0 Å². The van der Waals surface area contributed by atoms with E-state index in [4.69, 9.17) is 0 Å². The van der Waals surface area contributed by atoms with Crippen LogP contribution in [0.2, 0.25) is 0 Å². The number of nitrogens with one attached hydrogen (secondary N) is 1. The second-order valence-electron chi connectivity index (χ2n) is 7.59. The number of carbonyl (C=O) groups excluding carboxylic acids is 2. The van der Waals surface area contributed by atoms with Crippen molar-refractivity contribution in [3.63, 3.8) is 0 Å². The maximum Gasteiger partial charge on any atom is 0.225 e. The van der Waals surface area contributed by atoms with Crippen LogP contribution < -0.4 is 5.32 Å². The van der Waals surface area contributed by atoms with E-state index in [9.17, 15) is 9.59 Å². The molecule has 1 aromatic rings. The molecule has 0 spiro atoms. The first-order chi connectivity index (χ1) is 12.2. The van der Waals surface area contributed by atoms with Gasteiger partial charge in [-0.1, -0.05) is 30.7 Å². The third kappa shape index (κ3) is 4.83. The molecule has 0 atom stereocenters. The van der Waals surface area contributed by atoms with Gasteiger partial charge in [-0.05, 0) is 55.6 Å². The van der Waals surface area contributed by atoms with Crippen molar-refractivity contribution in [2.45, 2.75) is 51.4 Å². The summed E-state index contributed by atoms with van der Waals surface area (Å²) in [6, 6.07) is 8.69. The summed E-state index contributed by atoms with van der Waals surface area (Å²) in [6.07, 6.45) is 8.11. The smallest absolute Gasteiger partial charge is 0.225 e. The highest BCUT2D eigenvalue weighted by molar-refractivity contribution is 5.79. The molecule has 2 fully saturated rings. The summed E-state index contributed by atoms with van der Waals surface area (Å²) in [5.74, 6) is 1.51. The minimum absolute atomic E-state index is 0.0901. The molecule has 1 heterocycles. The van der Waals surface area contributed by atoms with Crippen LogP contribution in [0.3, 0.4) is 0 Å². The molecule has 2 amide bonds. The van der Waals surface area contributed by atoms with E-state index >= 15 is 0 Å². The molecule has 0 aromatic heterocycles. The summed E-state index contributed by atoms with van der Waals surface area (Å²) in [7, 11) is 1.68. The van der Waals surface area contributed by atoms with E-state index in [2.05, 4.69) is 34.5 Å². The molecule has 2 aliphatic rings. The van der Waals surface area contributed by atoms with Crippen LogP contribution in [-0.4, -0.2) is 36.9 Å². The van der Waals surface area contributed by atoms with Gasteiger partial charge >= 0.3 is 0 Å². The highest BCUT2D eigenvalue weighted by Crippen LogP contribution is 2.30. The van der Waals surface area contributed by atoms with Gasteiger partial charge in [0, 0.05) is 32.5 Å². The van der Waals surface area contributed by atoms with Gasteiger partial charge in [0.25, 0.3) is 0 Å². The maximum atomic E-state index is 12.3. The lowest BCUT2D eigenvalue weighted by Crippen LogP contribution is -2.43. The van der Waals surface area contributed by atoms with Gasteiger partial charge < -0.3 is 10.2 Å². The third-order valence-corrected chi connectivity index (χ3v) is 5.85. The van der Waals surface area contributed by atoms with Crippen LogP contribution in [0.5, 0.6) is 0 Å². The Hall–Kier alpha value is -1.84. The molecule has 0 bridgehead atoms. The zero-order chi connectivity index (χ0) is 17.6. The Morgan fingerprint density at radius 1 is 1.04 bits per heavy atom. The Kier molecular flexibility index (Phi) is 6.11. The van der Waals surface area contributed by atoms with Gasteiger partial charge in [0.05, 0.1) is 0 Å². The van der Waals surface area contributed by atoms with Crippen LogP contribution in [0.15, 0.2) is 24.3 Å². The summed E-state index contributed by atoms with van der Waals surface area (Å²) in [5.41, 5.74) is 2.58. The number of rotatable bonds is 6. The average molecular weight is 342 g/mol. The van der Waals surface area contributed by atoms with E-state index in [0.29, 0.717) is 24.2 Å². The molecule has 0 radical (unpaired) electrons. The number of aryl methyl sites for hydroxylation is 1. The van der Waals surface area contributed by atoms with Gasteiger partial charge in [0.1, 0.15) is 0 Å². The molecule has 0 unspecified atom stereocenters. The van der Waals surface area contributed by atoms with Crippen molar-refractivity contribution in [2.75, 3.05) is 20.1 Å². The molecule has 3 rings (SSSR count). The Morgan fingerprint density at radius 3 is 2.24 bits per heavy atom. The molecule has 4 nitrogen and oxygen atoms in total. The van der Waals surface area contributed by atoms with Crippen molar-refractivity contribution >= 4 is 11.8 Å². The molecule has 4 heteroatoms. The van der Waals surface area contributed by atoms with E-state index in [1.54, 1.807) is 7.05 Å². The van der Waals surface area contributed by atoms with E-state index < -0.39 is 0 Å². The molecular formula is C21H30N2O2. The highest BCUT2D eigenvalue weighted by Gasteiger charge is 2.31. The number of likely N-dealkylation sites (tertiary alicyclic amines) is 1. The Balaban J connectivity index is 1.42. The zero-order valence-corrected chi connectivity index (χ0v) is 15.3. The average Bonchev–Trinajstić information content (AvgIpc) is 2.60. The van der Waals surface area contributed by atoms with Crippen LogP contribution in [0.25, 0.3) is 0 Å². The number of amides is 2. The van der Waals surface area contributed by atoms with E-state index in [-0.39, 0.29) is 5.91 Å². The Labute approximate surface area is 151 Å². The van der Waals surface area contributed by atoms with Crippen LogP contribution in [0.4, 0.5) is 0 Å². The Bertz CT molecular complexity index is 584. The molecule has 1 saturated heterocycles. The van der Waals surface area contributed by atoms with Crippen LogP contribution >= 0.6 is 0 Å². The molecule has 25 heavy (non-hydrogen) atoms. The predicted molar refractivity (Wildman–Crippen MR) is 99.2 cm³/mol. The summed E-state index contributed by atoms with van der Waals surface area (Å²) in [4.78, 5) is 25.7. The Morgan fingerprint density at radius 2 is 1.68 bits per heavy atom. The van der Waals surface area contributed by atoms with Crippen LogP contribution in [-0.2, 0) is 22.4 Å². The lowest BCUT2D eigenvalue weighted by molar-refractivity contribution is -0.139. The largest absolute Gasteiger partial charge is 0.359 e. The quantitative estimate of drug-likeness (QED) is 0.864. The van der Waals surface area contributed by atoms with E-state index in [1.165, 1.54) is 17.5 Å². The van der Waals surface area contributed by atoms with Crippen LogP contribution in [0.1, 0.15) is 49.7 Å². The highest BCUT2D eigenvalue weighted by atomic mass is 16.2. The minimum Gasteiger partial charge on any atom is -0.359 e. The maximum absolute atomic E-state index is 12.3. The van der Waals surface area contributed by atoms with Crippen molar-refractivity contribution in [2.24, 2.45) is 11.8 Å². The van der Waals surface area contributed by atoms with Gasteiger partial charge in [-0.2, -0.15) is 0 Å². The van der Waals surface area contributed by atoms with E-state index in [0.717, 1.165) is 51.6 Å². The molecular weight excluding hydrogens is 312 g/mol. The topological polar surface area (TPSA) is 49.4 Å². The fourth-order valence-electron chi connectivity index (χ4n) is 3.83. The first-order valence-corrected chi connectivity index (χ1v) is 9.73. The lowest BCUT2D eigenvalue weighted by Gasteiger charge is -2.36.